The summed E-state index contributed by atoms with van der Waals surface area (Å²) < 4.78 is 2.46. The number of aromatic nitrogens is 1. The molecule has 1 aromatic heterocycles. The molecule has 0 N–H and O–H groups in total. The van der Waals surface area contributed by atoms with Gasteiger partial charge in [-0.3, -0.25) is 0 Å². The number of hydrogen-bond acceptors (Lipinski definition) is 4. The van der Waals surface area contributed by atoms with Gasteiger partial charge in [0.25, 0.3) is 0 Å². The molecule has 6 aromatic rings. The summed E-state index contributed by atoms with van der Waals surface area (Å²) in [5, 5.41) is 2.53. The second kappa shape index (κ2) is 10.8. The first kappa shape index (κ1) is 30.8. The van der Waals surface area contributed by atoms with E-state index < -0.39 is 5.41 Å². The topological polar surface area (TPSA) is 17.9 Å². The first-order valence-electron chi connectivity index (χ1n) is 16.3. The van der Waals surface area contributed by atoms with Gasteiger partial charge >= 0.3 is 21.1 Å². The molecule has 1 atom stereocenters. The van der Waals surface area contributed by atoms with Crippen LogP contribution < -0.4 is 14.7 Å². The molecular weight excluding hydrogens is 770 g/mol. The predicted molar refractivity (Wildman–Crippen MR) is 194 cm³/mol. The van der Waals surface area contributed by atoms with Gasteiger partial charge in [0.05, 0.1) is 0 Å². The van der Waals surface area contributed by atoms with E-state index in [2.05, 4.69) is 195 Å². The van der Waals surface area contributed by atoms with Gasteiger partial charge in [0.15, 0.2) is 0 Å². The third kappa shape index (κ3) is 4.33. The van der Waals surface area contributed by atoms with Crippen LogP contribution in [0, 0.1) is 25.5 Å². The van der Waals surface area contributed by atoms with Gasteiger partial charge in [0.1, 0.15) is 0 Å². The smallest absolute Gasteiger partial charge is 0.510 e. The average molecular weight is 807 g/mol. The largest absolute Gasteiger partial charge is 4.00 e. The molecule has 9 rings (SSSR count). The van der Waals surface area contributed by atoms with E-state index in [1.54, 1.807) is 0 Å². The molecule has 0 saturated heterocycles. The van der Waals surface area contributed by atoms with Gasteiger partial charge in [-0.2, -0.15) is 37.1 Å². The van der Waals surface area contributed by atoms with E-state index in [9.17, 15) is 0 Å². The van der Waals surface area contributed by atoms with Crippen LogP contribution in [-0.4, -0.2) is 23.6 Å². The van der Waals surface area contributed by atoms with Crippen molar-refractivity contribution in [1.82, 2.24) is 9.47 Å². The Balaban J connectivity index is 0.00000336. The SMILES string of the molecule is CN1C=CN(c2[c-]c3c(cc2)-n2c4ccccc4c4cccc(c42)C3(C)c2[c-]c(N3[CH-]N(C)c4ccccc43)cc(C(C)(C)C)c2)[CH-]1.[Pt+4]. The number of anilines is 4. The number of benzene rings is 5. The van der Waals surface area contributed by atoms with E-state index >= 15 is 0 Å². The molecule has 1 unspecified atom stereocenters. The molecule has 0 saturated carbocycles. The minimum Gasteiger partial charge on any atom is -0.510 e. The summed E-state index contributed by atoms with van der Waals surface area (Å²) in [7, 11) is 4.17. The minimum absolute atomic E-state index is 0. The number of fused-ring (bicyclic) bond motifs is 6. The quantitative estimate of drug-likeness (QED) is 0.166. The number of hydrogen-bond donors (Lipinski definition) is 0. The number of para-hydroxylation sites is 4. The molecule has 0 fully saturated rings. The van der Waals surface area contributed by atoms with Crippen LogP contribution >= 0.6 is 0 Å². The molecule has 48 heavy (non-hydrogen) atoms. The Morgan fingerprint density at radius 2 is 1.46 bits per heavy atom. The molecule has 0 bridgehead atoms. The predicted octanol–water partition coefficient (Wildman–Crippen LogP) is 9.40. The van der Waals surface area contributed by atoms with Crippen LogP contribution in [0.25, 0.3) is 27.5 Å². The van der Waals surface area contributed by atoms with Crippen LogP contribution in [-0.2, 0) is 31.9 Å². The van der Waals surface area contributed by atoms with E-state index in [1.807, 2.05) is 0 Å². The molecule has 5 nitrogen and oxygen atoms in total. The van der Waals surface area contributed by atoms with Crippen molar-refractivity contribution in [3.63, 3.8) is 0 Å². The molecule has 0 radical (unpaired) electrons. The zero-order valence-corrected chi connectivity index (χ0v) is 30.3. The molecule has 3 aliphatic rings. The number of rotatable bonds is 3. The summed E-state index contributed by atoms with van der Waals surface area (Å²) in [4.78, 5) is 8.70. The summed E-state index contributed by atoms with van der Waals surface area (Å²) in [5.41, 5.74) is 12.2. The van der Waals surface area contributed by atoms with Gasteiger partial charge in [0.2, 0.25) is 0 Å². The van der Waals surface area contributed by atoms with Crippen molar-refractivity contribution in [2.24, 2.45) is 0 Å². The molecule has 0 aliphatic carbocycles. The third-order valence-electron chi connectivity index (χ3n) is 10.3. The van der Waals surface area contributed by atoms with Gasteiger partial charge in [-0.05, 0) is 55.7 Å². The van der Waals surface area contributed by atoms with Crippen LogP contribution in [0.4, 0.5) is 22.7 Å². The van der Waals surface area contributed by atoms with Crippen LogP contribution in [0.3, 0.4) is 0 Å². The van der Waals surface area contributed by atoms with Gasteiger partial charge in [-0.1, -0.05) is 81.9 Å². The zero-order chi connectivity index (χ0) is 32.2. The molecular formula is C42H37N5Pt. The maximum absolute atomic E-state index is 4.01. The van der Waals surface area contributed by atoms with Crippen LogP contribution in [0.15, 0.2) is 103 Å². The maximum Gasteiger partial charge on any atom is 4.00 e. The summed E-state index contributed by atoms with van der Waals surface area (Å²) in [6, 6.07) is 41.4. The van der Waals surface area contributed by atoms with Gasteiger partial charge in [-0.25, -0.2) is 0 Å². The standard InChI is InChI=1S/C42H37N5.Pt/c1-41(2,3)28-22-29(24-31(23-28)46-27-44(6)38-16-9-10-17-39(38)46)42(4)34-14-11-13-33-32-12-7-8-15-36(32)47(40(33)34)37-19-18-30(25-35(37)42)45-21-20-43(5)26-45;/h7-23,26-27H,1-6H3;/q-4;+4. The van der Waals surface area contributed by atoms with E-state index in [1.165, 1.54) is 38.6 Å². The molecule has 5 aromatic carbocycles. The van der Waals surface area contributed by atoms with Crippen LogP contribution in [0.5, 0.6) is 0 Å². The summed E-state index contributed by atoms with van der Waals surface area (Å²) in [6.07, 6.45) is 4.16. The van der Waals surface area contributed by atoms with E-state index in [0.29, 0.717) is 0 Å². The molecule has 3 aliphatic heterocycles. The van der Waals surface area contributed by atoms with E-state index in [0.717, 1.165) is 33.9 Å². The summed E-state index contributed by atoms with van der Waals surface area (Å²) >= 11 is 0. The third-order valence-corrected chi connectivity index (χ3v) is 10.3. The van der Waals surface area contributed by atoms with E-state index in [-0.39, 0.29) is 26.5 Å². The zero-order valence-electron chi connectivity index (χ0n) is 28.0. The fourth-order valence-corrected chi connectivity index (χ4v) is 7.71. The van der Waals surface area contributed by atoms with Crippen molar-refractivity contribution in [3.05, 3.63) is 151 Å². The Kier molecular flexibility index (Phi) is 6.92. The van der Waals surface area contributed by atoms with Gasteiger partial charge in [-0.15, -0.1) is 40.7 Å². The van der Waals surface area contributed by atoms with Crippen molar-refractivity contribution in [1.29, 1.82) is 0 Å². The summed E-state index contributed by atoms with van der Waals surface area (Å²) in [5.74, 6) is 0. The Morgan fingerprint density at radius 3 is 2.23 bits per heavy atom. The van der Waals surface area contributed by atoms with Crippen molar-refractivity contribution >= 4 is 44.6 Å². The first-order valence-corrected chi connectivity index (χ1v) is 16.3. The fraction of sp³-hybridized carbons (Fsp3) is 0.190. The Labute approximate surface area is 297 Å². The first-order chi connectivity index (χ1) is 22.6. The van der Waals surface area contributed by atoms with Crippen molar-refractivity contribution < 1.29 is 21.1 Å². The molecule has 6 heteroatoms. The van der Waals surface area contributed by atoms with Crippen LogP contribution in [0.1, 0.15) is 49.9 Å². The minimum atomic E-state index is -0.550. The van der Waals surface area contributed by atoms with Crippen molar-refractivity contribution in [2.75, 3.05) is 28.8 Å². The second-order valence-corrected chi connectivity index (χ2v) is 14.3. The Hall–Kier alpha value is -4.47. The molecule has 0 spiro atoms. The Morgan fingerprint density at radius 1 is 0.708 bits per heavy atom. The van der Waals surface area contributed by atoms with Crippen LogP contribution in [0.2, 0.25) is 0 Å². The van der Waals surface area contributed by atoms with Gasteiger partial charge in [0, 0.05) is 38.6 Å². The summed E-state index contributed by atoms with van der Waals surface area (Å²) in [6.45, 7) is 13.6. The fourth-order valence-electron chi connectivity index (χ4n) is 7.71. The van der Waals surface area contributed by atoms with Gasteiger partial charge < -0.3 is 24.2 Å². The molecule has 240 valence electrons. The van der Waals surface area contributed by atoms with E-state index in [4.69, 9.17) is 0 Å². The second-order valence-electron chi connectivity index (χ2n) is 14.3. The Bertz CT molecular complexity index is 2280. The van der Waals surface area contributed by atoms with Crippen molar-refractivity contribution in [2.45, 2.75) is 38.5 Å². The molecule has 0 amide bonds. The maximum atomic E-state index is 4.01. The van der Waals surface area contributed by atoms with Crippen molar-refractivity contribution in [3.8, 4) is 5.69 Å². The molecule has 4 heterocycles. The average Bonchev–Trinajstić information content (AvgIpc) is 3.77. The normalized spacial score (nSPS) is 18.1. The monoisotopic (exact) mass is 806 g/mol. The number of nitrogens with zero attached hydrogens (tertiary/aromatic N) is 5.